The Balaban J connectivity index is 2.77. The lowest BCUT2D eigenvalue weighted by atomic mass is 9.70. The van der Waals surface area contributed by atoms with Gasteiger partial charge in [0.2, 0.25) is 0 Å². The van der Waals surface area contributed by atoms with E-state index in [4.69, 9.17) is 0 Å². The number of ketones is 1. The zero-order chi connectivity index (χ0) is 15.7. The summed E-state index contributed by atoms with van der Waals surface area (Å²) in [4.78, 5) is 36.7. The van der Waals surface area contributed by atoms with Crippen molar-refractivity contribution in [2.75, 3.05) is 6.54 Å². The molecule has 0 bridgehead atoms. The molecular formula is C16H25NO3. The zero-order valence-electron chi connectivity index (χ0n) is 13.3. The second-order valence-corrected chi connectivity index (χ2v) is 7.34. The van der Waals surface area contributed by atoms with Gasteiger partial charge in [-0.1, -0.05) is 41.5 Å². The van der Waals surface area contributed by atoms with Crippen LogP contribution in [0.5, 0.6) is 0 Å². The highest BCUT2D eigenvalue weighted by Gasteiger charge is 2.38. The molecule has 112 valence electrons. The van der Waals surface area contributed by atoms with Gasteiger partial charge in [-0.2, -0.15) is 0 Å². The van der Waals surface area contributed by atoms with Crippen molar-refractivity contribution >= 4 is 17.6 Å². The van der Waals surface area contributed by atoms with Crippen LogP contribution in [0.4, 0.5) is 0 Å². The predicted octanol–water partition coefficient (Wildman–Crippen LogP) is 2.58. The molecule has 0 fully saturated rings. The Labute approximate surface area is 121 Å². The first-order chi connectivity index (χ1) is 8.96. The third kappa shape index (κ3) is 3.78. The maximum atomic E-state index is 12.2. The first-order valence-electron chi connectivity index (χ1n) is 7.04. The van der Waals surface area contributed by atoms with Crippen molar-refractivity contribution in [2.24, 2.45) is 16.7 Å². The van der Waals surface area contributed by atoms with Crippen molar-refractivity contribution in [1.82, 2.24) is 4.90 Å². The monoisotopic (exact) mass is 279 g/mol. The van der Waals surface area contributed by atoms with Gasteiger partial charge >= 0.3 is 0 Å². The standard InChI is InChI=1S/C16H25NO3/c1-11(2)14(20)16(5,6)9-15(3,4)10-17-12(18)7-8-13(17)19/h7-8,11H,9-10H2,1-6H3. The maximum absolute atomic E-state index is 12.2. The molecule has 0 radical (unpaired) electrons. The summed E-state index contributed by atoms with van der Waals surface area (Å²) in [6.45, 7) is 12.0. The minimum atomic E-state index is -0.461. The fraction of sp³-hybridized carbons (Fsp3) is 0.688. The van der Waals surface area contributed by atoms with Gasteiger partial charge in [-0.05, 0) is 11.8 Å². The van der Waals surface area contributed by atoms with Crippen LogP contribution < -0.4 is 0 Å². The quantitative estimate of drug-likeness (QED) is 0.702. The molecule has 1 aliphatic heterocycles. The van der Waals surface area contributed by atoms with Crippen LogP contribution >= 0.6 is 0 Å². The van der Waals surface area contributed by atoms with Crippen LogP contribution in [0.3, 0.4) is 0 Å². The van der Waals surface area contributed by atoms with E-state index >= 15 is 0 Å². The largest absolute Gasteiger partial charge is 0.299 e. The van der Waals surface area contributed by atoms with E-state index in [0.29, 0.717) is 13.0 Å². The summed E-state index contributed by atoms with van der Waals surface area (Å²) in [6, 6.07) is 0. The van der Waals surface area contributed by atoms with Crippen LogP contribution in [0, 0.1) is 16.7 Å². The lowest BCUT2D eigenvalue weighted by Gasteiger charge is -2.36. The van der Waals surface area contributed by atoms with Crippen LogP contribution in [0.2, 0.25) is 0 Å². The van der Waals surface area contributed by atoms with Crippen molar-refractivity contribution < 1.29 is 14.4 Å². The lowest BCUT2D eigenvalue weighted by molar-refractivity contribution is -0.139. The topological polar surface area (TPSA) is 54.5 Å². The van der Waals surface area contributed by atoms with Crippen LogP contribution in [-0.4, -0.2) is 29.0 Å². The van der Waals surface area contributed by atoms with Gasteiger partial charge in [0.1, 0.15) is 5.78 Å². The van der Waals surface area contributed by atoms with E-state index in [1.165, 1.54) is 17.1 Å². The predicted molar refractivity (Wildman–Crippen MR) is 77.9 cm³/mol. The van der Waals surface area contributed by atoms with E-state index in [1.54, 1.807) is 0 Å². The number of hydrogen-bond acceptors (Lipinski definition) is 3. The molecule has 0 atom stereocenters. The molecule has 0 spiro atoms. The maximum Gasteiger partial charge on any atom is 0.253 e. The molecule has 0 unspecified atom stereocenters. The van der Waals surface area contributed by atoms with E-state index < -0.39 is 5.41 Å². The van der Waals surface area contributed by atoms with Gasteiger partial charge in [-0.3, -0.25) is 19.3 Å². The van der Waals surface area contributed by atoms with Crippen LogP contribution in [-0.2, 0) is 14.4 Å². The summed E-state index contributed by atoms with van der Waals surface area (Å²) in [5, 5.41) is 0. The first-order valence-corrected chi connectivity index (χ1v) is 7.04. The second kappa shape index (κ2) is 5.51. The number of Topliss-reactive ketones (excluding diaryl/α,β-unsaturated/α-hetero) is 1. The van der Waals surface area contributed by atoms with Crippen LogP contribution in [0.25, 0.3) is 0 Å². The van der Waals surface area contributed by atoms with Crippen molar-refractivity contribution in [2.45, 2.75) is 48.0 Å². The molecule has 0 N–H and O–H groups in total. The van der Waals surface area contributed by atoms with Crippen molar-refractivity contribution in [3.63, 3.8) is 0 Å². The van der Waals surface area contributed by atoms with E-state index in [0.717, 1.165) is 0 Å². The Hall–Kier alpha value is -1.45. The highest BCUT2D eigenvalue weighted by Crippen LogP contribution is 2.37. The van der Waals surface area contributed by atoms with Gasteiger partial charge in [0.05, 0.1) is 0 Å². The Bertz CT molecular complexity index is 440. The number of hydrogen-bond donors (Lipinski definition) is 0. The molecule has 0 aromatic rings. The van der Waals surface area contributed by atoms with Gasteiger partial charge < -0.3 is 0 Å². The number of amides is 2. The summed E-state index contributed by atoms with van der Waals surface area (Å²) in [5.41, 5.74) is -0.762. The number of carbonyl (C=O) groups excluding carboxylic acids is 3. The molecule has 0 aromatic heterocycles. The second-order valence-electron chi connectivity index (χ2n) is 7.34. The van der Waals surface area contributed by atoms with Crippen molar-refractivity contribution in [3.05, 3.63) is 12.2 Å². The van der Waals surface area contributed by atoms with E-state index in [-0.39, 0.29) is 28.9 Å². The van der Waals surface area contributed by atoms with E-state index in [1.807, 2.05) is 41.5 Å². The SMILES string of the molecule is CC(C)C(=O)C(C)(C)CC(C)(C)CN1C(=O)C=CC1=O. The molecule has 1 rings (SSSR count). The molecule has 1 heterocycles. The minimum Gasteiger partial charge on any atom is -0.299 e. The summed E-state index contributed by atoms with van der Waals surface area (Å²) in [6.07, 6.45) is 3.22. The number of rotatable bonds is 6. The van der Waals surface area contributed by atoms with Crippen molar-refractivity contribution in [1.29, 1.82) is 0 Å². The molecule has 20 heavy (non-hydrogen) atoms. The average Bonchev–Trinajstić information content (AvgIpc) is 2.57. The molecular weight excluding hydrogens is 254 g/mol. The molecule has 0 saturated carbocycles. The summed E-state index contributed by atoms with van der Waals surface area (Å²) in [5.74, 6) is -0.340. The fourth-order valence-corrected chi connectivity index (χ4v) is 3.14. The van der Waals surface area contributed by atoms with Gasteiger partial charge in [0.15, 0.2) is 0 Å². The summed E-state index contributed by atoms with van der Waals surface area (Å²) >= 11 is 0. The van der Waals surface area contributed by atoms with Gasteiger partial charge in [0, 0.05) is 30.0 Å². The molecule has 4 nitrogen and oxygen atoms in total. The third-order valence-corrected chi connectivity index (χ3v) is 3.60. The van der Waals surface area contributed by atoms with Crippen molar-refractivity contribution in [3.8, 4) is 0 Å². The normalized spacial score (nSPS) is 16.4. The Kier molecular flexibility index (Phi) is 4.57. The highest BCUT2D eigenvalue weighted by molar-refractivity contribution is 6.12. The molecule has 1 aliphatic rings. The highest BCUT2D eigenvalue weighted by atomic mass is 16.2. The number of imide groups is 1. The van der Waals surface area contributed by atoms with Gasteiger partial charge in [-0.15, -0.1) is 0 Å². The number of nitrogens with zero attached hydrogens (tertiary/aromatic N) is 1. The molecule has 2 amide bonds. The Morgan fingerprint density at radius 3 is 1.95 bits per heavy atom. The van der Waals surface area contributed by atoms with Gasteiger partial charge in [0.25, 0.3) is 11.8 Å². The Morgan fingerprint density at radius 2 is 1.55 bits per heavy atom. The lowest BCUT2D eigenvalue weighted by Crippen LogP contribution is -2.42. The van der Waals surface area contributed by atoms with E-state index in [2.05, 4.69) is 0 Å². The smallest absolute Gasteiger partial charge is 0.253 e. The first kappa shape index (κ1) is 16.6. The van der Waals surface area contributed by atoms with Gasteiger partial charge in [-0.25, -0.2) is 0 Å². The molecule has 4 heteroatoms. The summed E-state index contributed by atoms with van der Waals surface area (Å²) in [7, 11) is 0. The number of carbonyl (C=O) groups is 3. The van der Waals surface area contributed by atoms with E-state index in [9.17, 15) is 14.4 Å². The molecule has 0 aromatic carbocycles. The zero-order valence-corrected chi connectivity index (χ0v) is 13.3. The Morgan fingerprint density at radius 1 is 1.10 bits per heavy atom. The third-order valence-electron chi connectivity index (χ3n) is 3.60. The summed E-state index contributed by atoms with van der Waals surface area (Å²) < 4.78 is 0. The molecule has 0 saturated heterocycles. The average molecular weight is 279 g/mol. The van der Waals surface area contributed by atoms with Crippen LogP contribution in [0.15, 0.2) is 12.2 Å². The fourth-order valence-electron chi connectivity index (χ4n) is 3.14. The van der Waals surface area contributed by atoms with Crippen LogP contribution in [0.1, 0.15) is 48.0 Å². The minimum absolute atomic E-state index is 0.0162. The molecule has 0 aliphatic carbocycles.